The van der Waals surface area contributed by atoms with Crippen LogP contribution < -0.4 is 5.73 Å². The van der Waals surface area contributed by atoms with E-state index in [2.05, 4.69) is 0 Å². The topological polar surface area (TPSA) is 147 Å². The van der Waals surface area contributed by atoms with Crippen molar-refractivity contribution in [1.29, 1.82) is 0 Å². The number of hydrogen-bond donors (Lipinski definition) is 3. The molecule has 1 rings (SSSR count). The van der Waals surface area contributed by atoms with Crippen molar-refractivity contribution in [2.75, 3.05) is 0 Å². The molecule has 0 aliphatic rings. The molecule has 0 heterocycles. The Kier molecular flexibility index (Phi) is 12.4. The molecule has 0 aromatic heterocycles. The fourth-order valence-corrected chi connectivity index (χ4v) is 0.973. The molecule has 7 heteroatoms. The van der Waals surface area contributed by atoms with Crippen molar-refractivity contribution in [2.24, 2.45) is 5.73 Å². The summed E-state index contributed by atoms with van der Waals surface area (Å²) in [4.78, 5) is 10.4. The molecule has 0 fully saturated rings. The first kappa shape index (κ1) is 20.7. The van der Waals surface area contributed by atoms with Crippen LogP contribution in [0.1, 0.15) is 5.56 Å². The van der Waals surface area contributed by atoms with E-state index in [1.165, 1.54) is 12.1 Å². The van der Waals surface area contributed by atoms with E-state index >= 15 is 0 Å². The second-order valence-corrected chi connectivity index (χ2v) is 2.82. The number of aliphatic carboxylic acids is 1. The van der Waals surface area contributed by atoms with Crippen LogP contribution in [0.2, 0.25) is 0 Å². The van der Waals surface area contributed by atoms with Crippen LogP contribution in [-0.4, -0.2) is 62.7 Å². The molecule has 0 aliphatic carbocycles. The molecule has 0 saturated heterocycles. The molecule has 0 amide bonds. The van der Waals surface area contributed by atoms with E-state index in [1.807, 2.05) is 0 Å². The van der Waals surface area contributed by atoms with Gasteiger partial charge in [-0.15, -0.1) is 0 Å². The minimum atomic E-state index is -1.02. The summed E-state index contributed by atoms with van der Waals surface area (Å²) in [5, 5.41) is 17.5. The van der Waals surface area contributed by atoms with E-state index in [9.17, 15) is 4.79 Å². The van der Waals surface area contributed by atoms with E-state index in [0.717, 1.165) is 5.56 Å². The first-order chi connectivity index (χ1) is 6.09. The molecule has 0 aliphatic heterocycles. The molecular formula is C9H16NNaO5. The van der Waals surface area contributed by atoms with Gasteiger partial charge in [-0.1, -0.05) is 12.1 Å². The number of phenols is 1. The number of carboxylic acid groups (broad SMARTS) is 1. The van der Waals surface area contributed by atoms with E-state index < -0.39 is 12.0 Å². The van der Waals surface area contributed by atoms with Gasteiger partial charge >= 0.3 is 35.5 Å². The van der Waals surface area contributed by atoms with Crippen molar-refractivity contribution in [3.05, 3.63) is 29.8 Å². The third kappa shape index (κ3) is 6.78. The van der Waals surface area contributed by atoms with Gasteiger partial charge in [-0.2, -0.15) is 0 Å². The van der Waals surface area contributed by atoms with E-state index in [1.54, 1.807) is 12.1 Å². The van der Waals surface area contributed by atoms with Crippen molar-refractivity contribution < 1.29 is 26.0 Å². The average molecular weight is 241 g/mol. The summed E-state index contributed by atoms with van der Waals surface area (Å²) in [6.45, 7) is 0. The van der Waals surface area contributed by atoms with Crippen LogP contribution in [0.15, 0.2) is 24.3 Å². The number of carbonyl (C=O) groups is 1. The number of phenolic OH excluding ortho intramolecular Hbond substituents is 1. The fourth-order valence-electron chi connectivity index (χ4n) is 0.973. The Labute approximate surface area is 115 Å². The normalized spacial score (nSPS) is 10.1. The Balaban J connectivity index is -0.000000563. The molecule has 1 aromatic carbocycles. The van der Waals surface area contributed by atoms with Gasteiger partial charge < -0.3 is 26.9 Å². The summed E-state index contributed by atoms with van der Waals surface area (Å²) in [7, 11) is 0. The van der Waals surface area contributed by atoms with Gasteiger partial charge in [0, 0.05) is 0 Å². The molecule has 0 saturated carbocycles. The molecule has 8 N–H and O–H groups in total. The quantitative estimate of drug-likeness (QED) is 0.527. The number of hydrogen-bond acceptors (Lipinski definition) is 3. The zero-order valence-electron chi connectivity index (χ0n) is 7.97. The molecule has 1 aromatic rings. The first-order valence-electron chi connectivity index (χ1n) is 3.86. The standard InChI is InChI=1S/C9H11NO3.Na.2H2O.H/c10-8(9(12)13)5-6-1-3-7(11)4-2-6;;;;/h1-4,8,11H,5,10H2,(H,12,13);;2*1H2;/t8-;;;;/m0..../s1. The Morgan fingerprint density at radius 2 is 1.69 bits per heavy atom. The predicted molar refractivity (Wildman–Crippen MR) is 61.8 cm³/mol. The molecule has 0 spiro atoms. The summed E-state index contributed by atoms with van der Waals surface area (Å²) in [5.74, 6) is -0.860. The number of rotatable bonds is 3. The van der Waals surface area contributed by atoms with Gasteiger partial charge in [0.2, 0.25) is 0 Å². The van der Waals surface area contributed by atoms with Crippen molar-refractivity contribution in [2.45, 2.75) is 12.5 Å². The Bertz CT molecular complexity index is 303. The predicted octanol–water partition coefficient (Wildman–Crippen LogP) is -1.95. The Hall–Kier alpha value is -0.630. The number of benzene rings is 1. The van der Waals surface area contributed by atoms with Crippen molar-refractivity contribution in [3.8, 4) is 5.75 Å². The molecule has 1 atom stereocenters. The second-order valence-electron chi connectivity index (χ2n) is 2.82. The van der Waals surface area contributed by atoms with Crippen molar-refractivity contribution in [1.82, 2.24) is 0 Å². The summed E-state index contributed by atoms with van der Waals surface area (Å²) in [6, 6.07) is 5.42. The van der Waals surface area contributed by atoms with Crippen LogP contribution in [0, 0.1) is 0 Å². The van der Waals surface area contributed by atoms with Crippen molar-refractivity contribution >= 4 is 35.5 Å². The first-order valence-corrected chi connectivity index (χ1v) is 3.86. The molecular weight excluding hydrogens is 225 g/mol. The summed E-state index contributed by atoms with van der Waals surface area (Å²) < 4.78 is 0. The molecule has 6 nitrogen and oxygen atoms in total. The van der Waals surface area contributed by atoms with Gasteiger partial charge in [0.15, 0.2) is 0 Å². The van der Waals surface area contributed by atoms with Gasteiger partial charge in [0.25, 0.3) is 0 Å². The van der Waals surface area contributed by atoms with Gasteiger partial charge in [-0.05, 0) is 24.1 Å². The summed E-state index contributed by atoms with van der Waals surface area (Å²) >= 11 is 0. The zero-order chi connectivity index (χ0) is 9.84. The van der Waals surface area contributed by atoms with Crippen LogP contribution >= 0.6 is 0 Å². The molecule has 0 radical (unpaired) electrons. The van der Waals surface area contributed by atoms with Gasteiger partial charge in [0.05, 0.1) is 0 Å². The zero-order valence-corrected chi connectivity index (χ0v) is 7.97. The van der Waals surface area contributed by atoms with Crippen LogP contribution in [0.3, 0.4) is 0 Å². The van der Waals surface area contributed by atoms with E-state index in [-0.39, 0.29) is 52.7 Å². The molecule has 0 bridgehead atoms. The monoisotopic (exact) mass is 241 g/mol. The summed E-state index contributed by atoms with van der Waals surface area (Å²) in [6.07, 6.45) is 0.273. The third-order valence-corrected chi connectivity index (χ3v) is 1.71. The Morgan fingerprint density at radius 1 is 1.25 bits per heavy atom. The Morgan fingerprint density at radius 3 is 2.06 bits per heavy atom. The van der Waals surface area contributed by atoms with E-state index in [0.29, 0.717) is 0 Å². The van der Waals surface area contributed by atoms with Crippen LogP contribution in [-0.2, 0) is 11.2 Å². The maximum atomic E-state index is 10.4. The number of nitrogens with two attached hydrogens (primary N) is 1. The van der Waals surface area contributed by atoms with Gasteiger partial charge in [-0.25, -0.2) is 0 Å². The average Bonchev–Trinajstić information content (AvgIpc) is 2.08. The van der Waals surface area contributed by atoms with Gasteiger partial charge in [-0.3, -0.25) is 4.79 Å². The van der Waals surface area contributed by atoms with Gasteiger partial charge in [0.1, 0.15) is 11.8 Å². The minimum absolute atomic E-state index is 0. The van der Waals surface area contributed by atoms with Crippen LogP contribution in [0.4, 0.5) is 0 Å². The summed E-state index contributed by atoms with van der Waals surface area (Å²) in [5.41, 5.74) is 6.12. The number of aromatic hydroxyl groups is 1. The van der Waals surface area contributed by atoms with Crippen molar-refractivity contribution in [3.63, 3.8) is 0 Å². The molecule has 16 heavy (non-hydrogen) atoms. The fraction of sp³-hybridized carbons (Fsp3) is 0.222. The van der Waals surface area contributed by atoms with Crippen LogP contribution in [0.5, 0.6) is 5.75 Å². The molecule has 88 valence electrons. The SMILES string of the molecule is N[C@@H](Cc1ccc(O)cc1)C(=O)O.O.O.[NaH]. The number of carboxylic acids is 1. The maximum absolute atomic E-state index is 10.4. The molecule has 0 unspecified atom stereocenters. The van der Waals surface area contributed by atoms with E-state index in [4.69, 9.17) is 15.9 Å². The second kappa shape index (κ2) is 9.59. The van der Waals surface area contributed by atoms with Crippen LogP contribution in [0.25, 0.3) is 0 Å². The third-order valence-electron chi connectivity index (χ3n) is 1.71.